The van der Waals surface area contributed by atoms with Crippen molar-refractivity contribution in [3.8, 4) is 0 Å². The van der Waals surface area contributed by atoms with Crippen LogP contribution in [0, 0.1) is 6.92 Å². The van der Waals surface area contributed by atoms with Crippen molar-refractivity contribution in [3.63, 3.8) is 0 Å². The Bertz CT molecular complexity index is 462. The van der Waals surface area contributed by atoms with Gasteiger partial charge in [-0.25, -0.2) is 10.8 Å². The maximum absolute atomic E-state index is 5.43. The third-order valence-corrected chi connectivity index (χ3v) is 4.44. The minimum atomic E-state index is 0.498. The quantitative estimate of drug-likeness (QED) is 0.605. The Hall–Kier alpha value is -1.40. The van der Waals surface area contributed by atoms with E-state index in [0.29, 0.717) is 12.0 Å². The number of nitrogens with two attached hydrogens (primary N) is 1. The summed E-state index contributed by atoms with van der Waals surface area (Å²) in [6.07, 6.45) is 3.85. The third kappa shape index (κ3) is 2.37. The molecule has 6 heteroatoms. The van der Waals surface area contributed by atoms with E-state index >= 15 is 0 Å². The summed E-state index contributed by atoms with van der Waals surface area (Å²) in [5.41, 5.74) is 3.49. The first-order valence-electron chi connectivity index (χ1n) is 6.96. The van der Waals surface area contributed by atoms with E-state index in [9.17, 15) is 0 Å². The lowest BCUT2D eigenvalue weighted by Crippen LogP contribution is -2.37. The minimum Gasteiger partial charge on any atom is -0.355 e. The summed E-state index contributed by atoms with van der Waals surface area (Å²) in [5.74, 6) is 6.91. The van der Waals surface area contributed by atoms with Crippen molar-refractivity contribution in [2.75, 3.05) is 30.5 Å². The number of nitrogens with one attached hydrogen (secondary N) is 1. The van der Waals surface area contributed by atoms with Gasteiger partial charge in [-0.2, -0.15) is 4.98 Å². The fourth-order valence-electron chi connectivity index (χ4n) is 3.30. The predicted molar refractivity (Wildman–Crippen MR) is 76.0 cm³/mol. The summed E-state index contributed by atoms with van der Waals surface area (Å²) in [5, 5.41) is 0. The molecule has 2 fully saturated rings. The van der Waals surface area contributed by atoms with Gasteiger partial charge in [0.05, 0.1) is 0 Å². The highest BCUT2D eigenvalue weighted by atomic mass is 15.3. The van der Waals surface area contributed by atoms with Gasteiger partial charge in [0, 0.05) is 36.9 Å². The molecule has 19 heavy (non-hydrogen) atoms. The van der Waals surface area contributed by atoms with Gasteiger partial charge >= 0.3 is 0 Å². The monoisotopic (exact) mass is 262 g/mol. The molecule has 0 aromatic carbocycles. The van der Waals surface area contributed by atoms with Crippen LogP contribution < -0.4 is 16.2 Å². The fourth-order valence-corrected chi connectivity index (χ4v) is 3.30. The van der Waals surface area contributed by atoms with E-state index in [4.69, 9.17) is 5.84 Å². The molecule has 0 radical (unpaired) electrons. The second kappa shape index (κ2) is 4.94. The highest BCUT2D eigenvalue weighted by Gasteiger charge is 2.35. The molecule has 3 rings (SSSR count). The van der Waals surface area contributed by atoms with Crippen LogP contribution in [-0.2, 0) is 0 Å². The van der Waals surface area contributed by atoms with Gasteiger partial charge in [0.1, 0.15) is 5.82 Å². The van der Waals surface area contributed by atoms with Gasteiger partial charge in [-0.15, -0.1) is 0 Å². The number of anilines is 2. The molecule has 0 saturated carbocycles. The molecule has 0 amide bonds. The van der Waals surface area contributed by atoms with Crippen LogP contribution in [-0.4, -0.2) is 47.1 Å². The number of fused-ring (bicyclic) bond motifs is 2. The molecule has 2 aliphatic heterocycles. The Labute approximate surface area is 114 Å². The Kier molecular flexibility index (Phi) is 3.28. The number of rotatable bonds is 2. The van der Waals surface area contributed by atoms with Crippen LogP contribution in [0.15, 0.2) is 6.07 Å². The topological polar surface area (TPSA) is 70.3 Å². The molecule has 6 nitrogen and oxygen atoms in total. The van der Waals surface area contributed by atoms with E-state index in [2.05, 4.69) is 32.2 Å². The lowest BCUT2D eigenvalue weighted by molar-refractivity contribution is 0.254. The van der Waals surface area contributed by atoms with Crippen LogP contribution in [0.2, 0.25) is 0 Å². The zero-order valence-electron chi connectivity index (χ0n) is 11.6. The summed E-state index contributed by atoms with van der Waals surface area (Å²) in [6.45, 7) is 4.08. The number of likely N-dealkylation sites (N-methyl/N-ethyl adjacent to an activating group) is 1. The van der Waals surface area contributed by atoms with E-state index in [1.807, 2.05) is 13.0 Å². The van der Waals surface area contributed by atoms with Crippen LogP contribution in [0.1, 0.15) is 25.0 Å². The molecule has 2 bridgehead atoms. The molecule has 1 aromatic rings. The Balaban J connectivity index is 1.84. The number of hydrogen-bond donors (Lipinski definition) is 2. The second-order valence-corrected chi connectivity index (χ2v) is 5.62. The van der Waals surface area contributed by atoms with Gasteiger partial charge < -0.3 is 4.90 Å². The predicted octanol–water partition coefficient (Wildman–Crippen LogP) is 0.744. The largest absolute Gasteiger partial charge is 0.355 e. The Morgan fingerprint density at radius 1 is 1.26 bits per heavy atom. The number of hydrazine groups is 1. The lowest BCUT2D eigenvalue weighted by Gasteiger charge is -2.27. The number of nitrogens with zero attached hydrogens (tertiary/aromatic N) is 4. The van der Waals surface area contributed by atoms with Crippen molar-refractivity contribution in [3.05, 3.63) is 11.8 Å². The van der Waals surface area contributed by atoms with Gasteiger partial charge in [0.15, 0.2) is 0 Å². The zero-order chi connectivity index (χ0) is 13.4. The number of aromatic nitrogens is 2. The molecular formula is C13H22N6. The van der Waals surface area contributed by atoms with Crippen molar-refractivity contribution in [1.82, 2.24) is 14.9 Å². The summed E-state index contributed by atoms with van der Waals surface area (Å²) < 4.78 is 0. The lowest BCUT2D eigenvalue weighted by atomic mass is 10.1. The number of nitrogen functional groups attached to an aromatic ring is 1. The third-order valence-electron chi connectivity index (χ3n) is 4.44. The summed E-state index contributed by atoms with van der Waals surface area (Å²) >= 11 is 0. The van der Waals surface area contributed by atoms with E-state index in [1.165, 1.54) is 19.3 Å². The average molecular weight is 262 g/mol. The van der Waals surface area contributed by atoms with Gasteiger partial charge in [0.2, 0.25) is 5.95 Å². The standard InChI is InChI=1S/C13H22N6/c1-9-7-12(16-13(15-9)17-14)19-6-5-10-3-4-11(8-19)18(10)2/h7,10-11H,3-6,8,14H2,1-2H3,(H,15,16,17). The van der Waals surface area contributed by atoms with Crippen LogP contribution in [0.3, 0.4) is 0 Å². The maximum Gasteiger partial charge on any atom is 0.239 e. The molecule has 0 aliphatic carbocycles. The zero-order valence-corrected chi connectivity index (χ0v) is 11.6. The van der Waals surface area contributed by atoms with E-state index < -0.39 is 0 Å². The summed E-state index contributed by atoms with van der Waals surface area (Å²) in [4.78, 5) is 13.6. The number of hydrogen-bond acceptors (Lipinski definition) is 6. The SMILES string of the molecule is Cc1cc(N2CCC3CCC(C2)N3C)nc(NN)n1. The van der Waals surface area contributed by atoms with E-state index in [0.717, 1.165) is 30.6 Å². The normalized spacial score (nSPS) is 27.4. The molecule has 2 unspecified atom stereocenters. The first kappa shape index (κ1) is 12.6. The molecule has 2 atom stereocenters. The fraction of sp³-hybridized carbons (Fsp3) is 0.692. The van der Waals surface area contributed by atoms with Crippen LogP contribution in [0.25, 0.3) is 0 Å². The van der Waals surface area contributed by atoms with E-state index in [1.54, 1.807) is 0 Å². The second-order valence-electron chi connectivity index (χ2n) is 5.62. The molecule has 2 saturated heterocycles. The minimum absolute atomic E-state index is 0.498. The highest BCUT2D eigenvalue weighted by molar-refractivity contribution is 5.45. The van der Waals surface area contributed by atoms with Crippen molar-refractivity contribution >= 4 is 11.8 Å². The Morgan fingerprint density at radius 2 is 2.05 bits per heavy atom. The molecular weight excluding hydrogens is 240 g/mol. The van der Waals surface area contributed by atoms with E-state index in [-0.39, 0.29) is 0 Å². The molecule has 0 spiro atoms. The van der Waals surface area contributed by atoms with Crippen LogP contribution in [0.5, 0.6) is 0 Å². The highest BCUT2D eigenvalue weighted by Crippen LogP contribution is 2.30. The van der Waals surface area contributed by atoms with Crippen molar-refractivity contribution in [2.24, 2.45) is 5.84 Å². The average Bonchev–Trinajstić information content (AvgIpc) is 2.62. The van der Waals surface area contributed by atoms with Crippen molar-refractivity contribution in [2.45, 2.75) is 38.3 Å². The molecule has 2 aliphatic rings. The first-order chi connectivity index (χ1) is 9.17. The van der Waals surface area contributed by atoms with Crippen molar-refractivity contribution in [1.29, 1.82) is 0 Å². The van der Waals surface area contributed by atoms with Gasteiger partial charge in [0.25, 0.3) is 0 Å². The van der Waals surface area contributed by atoms with Crippen LogP contribution in [0.4, 0.5) is 11.8 Å². The summed E-state index contributed by atoms with van der Waals surface area (Å²) in [6, 6.07) is 3.43. The summed E-state index contributed by atoms with van der Waals surface area (Å²) in [7, 11) is 2.25. The number of aryl methyl sites for hydroxylation is 1. The van der Waals surface area contributed by atoms with Gasteiger partial charge in [-0.05, 0) is 33.2 Å². The Morgan fingerprint density at radius 3 is 2.84 bits per heavy atom. The molecule has 1 aromatic heterocycles. The maximum atomic E-state index is 5.43. The molecule has 3 N–H and O–H groups in total. The molecule has 104 valence electrons. The van der Waals surface area contributed by atoms with Gasteiger partial charge in [-0.1, -0.05) is 0 Å². The van der Waals surface area contributed by atoms with Crippen molar-refractivity contribution < 1.29 is 0 Å². The first-order valence-corrected chi connectivity index (χ1v) is 6.96. The van der Waals surface area contributed by atoms with Crippen LogP contribution >= 0.6 is 0 Å². The van der Waals surface area contributed by atoms with Gasteiger partial charge in [-0.3, -0.25) is 10.3 Å². The molecule has 3 heterocycles. The smallest absolute Gasteiger partial charge is 0.239 e.